The van der Waals surface area contributed by atoms with E-state index in [1.807, 2.05) is 6.92 Å². The average Bonchev–Trinajstić information content (AvgIpc) is 3.38. The fraction of sp³-hybridized carbons (Fsp3) is 0.207. The fourth-order valence-corrected chi connectivity index (χ4v) is 4.99. The number of nitrogens with one attached hydrogen (secondary N) is 1. The zero-order valence-corrected chi connectivity index (χ0v) is 24.8. The molecule has 0 aliphatic carbocycles. The molecule has 1 amide bonds. The number of aromatic nitrogens is 1. The van der Waals surface area contributed by atoms with Crippen LogP contribution in [0.15, 0.2) is 77.8 Å². The third-order valence-corrected chi connectivity index (χ3v) is 7.47. The van der Waals surface area contributed by atoms with Crippen molar-refractivity contribution < 1.29 is 41.7 Å². The summed E-state index contributed by atoms with van der Waals surface area (Å²) >= 11 is 1.09. The fourth-order valence-electron chi connectivity index (χ4n) is 3.68. The number of rotatable bonds is 12. The van der Waals surface area contributed by atoms with Gasteiger partial charge in [0.15, 0.2) is 15.0 Å². The zero-order valence-electron chi connectivity index (χ0n) is 23.2. The van der Waals surface area contributed by atoms with Gasteiger partial charge in [-0.2, -0.15) is 0 Å². The van der Waals surface area contributed by atoms with Crippen LogP contribution in [0.2, 0.25) is 0 Å². The van der Waals surface area contributed by atoms with Crippen LogP contribution in [0.1, 0.15) is 27.6 Å². The Labute approximate surface area is 246 Å². The average molecular weight is 613 g/mol. The van der Waals surface area contributed by atoms with Gasteiger partial charge in [0.25, 0.3) is 5.91 Å². The van der Waals surface area contributed by atoms with Crippen LogP contribution in [-0.4, -0.2) is 58.5 Å². The Bertz CT molecular complexity index is 1670. The molecule has 220 valence electrons. The van der Waals surface area contributed by atoms with Crippen molar-refractivity contribution in [1.82, 2.24) is 4.98 Å². The number of methoxy groups -OCH3 is 2. The molecule has 42 heavy (non-hydrogen) atoms. The number of anilines is 1. The zero-order chi connectivity index (χ0) is 30.3. The van der Waals surface area contributed by atoms with Crippen molar-refractivity contribution in [3.05, 3.63) is 84.1 Å². The van der Waals surface area contributed by atoms with Gasteiger partial charge in [0.05, 0.1) is 30.4 Å². The Morgan fingerprint density at radius 3 is 2.31 bits per heavy atom. The van der Waals surface area contributed by atoms with E-state index in [-0.39, 0.29) is 21.7 Å². The van der Waals surface area contributed by atoms with Gasteiger partial charge in [-0.25, -0.2) is 18.2 Å². The Morgan fingerprint density at radius 1 is 0.905 bits per heavy atom. The van der Waals surface area contributed by atoms with Gasteiger partial charge in [0, 0.05) is 25.0 Å². The molecule has 0 spiro atoms. The molecule has 1 aromatic heterocycles. The minimum Gasteiger partial charge on any atom is -0.488 e. The summed E-state index contributed by atoms with van der Waals surface area (Å²) in [5, 5.41) is 3.40. The van der Waals surface area contributed by atoms with Gasteiger partial charge in [-0.05, 0) is 61.5 Å². The molecule has 1 atom stereocenters. The second kappa shape index (κ2) is 13.5. The smallest absolute Gasteiger partial charge is 0.337 e. The van der Waals surface area contributed by atoms with E-state index in [1.165, 1.54) is 49.7 Å². The van der Waals surface area contributed by atoms with Crippen molar-refractivity contribution >= 4 is 38.2 Å². The van der Waals surface area contributed by atoms with Crippen molar-refractivity contribution in [3.8, 4) is 28.1 Å². The summed E-state index contributed by atoms with van der Waals surface area (Å²) in [6.45, 7) is 2.14. The largest absolute Gasteiger partial charge is 0.488 e. The number of hydrogen-bond donors (Lipinski definition) is 1. The molecule has 0 radical (unpaired) electrons. The summed E-state index contributed by atoms with van der Waals surface area (Å²) in [6, 6.07) is 17.1. The molecule has 0 fully saturated rings. The third kappa shape index (κ3) is 8.28. The van der Waals surface area contributed by atoms with Gasteiger partial charge < -0.3 is 23.7 Å². The summed E-state index contributed by atoms with van der Waals surface area (Å²) in [7, 11) is -0.511. The summed E-state index contributed by atoms with van der Waals surface area (Å²) in [5.41, 5.74) is 0.558. The molecule has 0 saturated heterocycles. The van der Waals surface area contributed by atoms with Crippen molar-refractivity contribution in [1.29, 1.82) is 0 Å². The Balaban J connectivity index is 1.52. The molecule has 3 aromatic carbocycles. The molecular formula is C29H28N2O9S2. The lowest BCUT2D eigenvalue weighted by atomic mass is 10.2. The maximum atomic E-state index is 13.2. The van der Waals surface area contributed by atoms with Crippen molar-refractivity contribution in [2.45, 2.75) is 17.9 Å². The van der Waals surface area contributed by atoms with E-state index in [1.54, 1.807) is 37.4 Å². The van der Waals surface area contributed by atoms with Crippen LogP contribution in [0.5, 0.6) is 28.1 Å². The lowest BCUT2D eigenvalue weighted by Crippen LogP contribution is -2.18. The van der Waals surface area contributed by atoms with Gasteiger partial charge in [-0.1, -0.05) is 17.4 Å². The Morgan fingerprint density at radius 2 is 1.62 bits per heavy atom. The Kier molecular flexibility index (Phi) is 9.78. The SMILES string of the molecule is COC[C@H](C)Oc1cc(Oc2ccc(S(C)(=O)=O)cc2)cc(C(=O)Nc2ncc(Oc3cccc(C(=O)OC)c3)s2)c1. The molecule has 0 unspecified atom stereocenters. The molecule has 1 N–H and O–H groups in total. The summed E-state index contributed by atoms with van der Waals surface area (Å²) < 4.78 is 51.0. The number of ether oxygens (including phenoxy) is 5. The number of sulfone groups is 1. The standard InChI is InChI=1S/C29H28N2O9S2/c1-18(17-36-2)38-23-13-20(14-24(15-23)39-21-8-10-25(11-9-21)42(4,34)35)27(32)31-29-30-16-26(41-29)40-22-7-5-6-19(12-22)28(33)37-3/h5-16,18H,17H2,1-4H3,(H,30,31,32)/t18-/m0/s1. The maximum Gasteiger partial charge on any atom is 0.337 e. The van der Waals surface area contributed by atoms with Crippen LogP contribution >= 0.6 is 11.3 Å². The topological polar surface area (TPSA) is 139 Å². The van der Waals surface area contributed by atoms with Crippen LogP contribution < -0.4 is 19.5 Å². The van der Waals surface area contributed by atoms with Gasteiger partial charge in [-0.15, -0.1) is 0 Å². The number of nitrogens with zero attached hydrogens (tertiary/aromatic N) is 1. The summed E-state index contributed by atoms with van der Waals surface area (Å²) in [4.78, 5) is 29.4. The van der Waals surface area contributed by atoms with Gasteiger partial charge in [-0.3, -0.25) is 10.1 Å². The van der Waals surface area contributed by atoms with Gasteiger partial charge in [0.2, 0.25) is 5.06 Å². The molecule has 4 rings (SSSR count). The number of thiazole rings is 1. The van der Waals surface area contributed by atoms with Gasteiger partial charge in [0.1, 0.15) is 29.1 Å². The van der Waals surface area contributed by atoms with Crippen LogP contribution in [0.25, 0.3) is 0 Å². The molecule has 1 heterocycles. The van der Waals surface area contributed by atoms with Crippen LogP contribution in [-0.2, 0) is 19.3 Å². The first kappa shape index (κ1) is 30.5. The van der Waals surface area contributed by atoms with E-state index in [9.17, 15) is 18.0 Å². The lowest BCUT2D eigenvalue weighted by Gasteiger charge is -2.16. The number of carbonyl (C=O) groups is 2. The van der Waals surface area contributed by atoms with E-state index < -0.39 is 21.7 Å². The second-order valence-electron chi connectivity index (χ2n) is 8.98. The molecule has 11 nitrogen and oxygen atoms in total. The van der Waals surface area contributed by atoms with E-state index in [4.69, 9.17) is 23.7 Å². The van der Waals surface area contributed by atoms with E-state index in [0.29, 0.717) is 40.2 Å². The predicted octanol–water partition coefficient (Wildman–Crippen LogP) is 5.58. The van der Waals surface area contributed by atoms with Crippen molar-refractivity contribution in [2.24, 2.45) is 0 Å². The highest BCUT2D eigenvalue weighted by atomic mass is 32.2. The third-order valence-electron chi connectivity index (χ3n) is 5.55. The number of carbonyl (C=O) groups excluding carboxylic acids is 2. The number of benzene rings is 3. The highest BCUT2D eigenvalue weighted by molar-refractivity contribution is 7.90. The summed E-state index contributed by atoms with van der Waals surface area (Å²) in [5.74, 6) is 0.460. The molecule has 13 heteroatoms. The van der Waals surface area contributed by atoms with Crippen molar-refractivity contribution in [2.75, 3.05) is 32.4 Å². The quantitative estimate of drug-likeness (QED) is 0.202. The molecule has 0 bridgehead atoms. The molecule has 0 aliphatic rings. The normalized spacial score (nSPS) is 11.8. The minimum atomic E-state index is -3.36. The first-order valence-electron chi connectivity index (χ1n) is 12.5. The summed E-state index contributed by atoms with van der Waals surface area (Å²) in [6.07, 6.45) is 2.26. The van der Waals surface area contributed by atoms with Gasteiger partial charge >= 0.3 is 5.97 Å². The molecular weight excluding hydrogens is 584 g/mol. The molecule has 0 aliphatic heterocycles. The lowest BCUT2D eigenvalue weighted by molar-refractivity contribution is 0.0600. The van der Waals surface area contributed by atoms with Crippen LogP contribution in [0, 0.1) is 0 Å². The number of hydrogen-bond acceptors (Lipinski definition) is 11. The minimum absolute atomic E-state index is 0.156. The van der Waals surface area contributed by atoms with Crippen molar-refractivity contribution in [3.63, 3.8) is 0 Å². The number of esters is 1. The van der Waals surface area contributed by atoms with E-state index in [0.717, 1.165) is 17.6 Å². The highest BCUT2D eigenvalue weighted by Crippen LogP contribution is 2.32. The second-order valence-corrected chi connectivity index (χ2v) is 12.0. The highest BCUT2D eigenvalue weighted by Gasteiger charge is 2.16. The van der Waals surface area contributed by atoms with E-state index in [2.05, 4.69) is 10.3 Å². The van der Waals surface area contributed by atoms with Crippen LogP contribution in [0.4, 0.5) is 5.13 Å². The Hall–Kier alpha value is -4.46. The molecule has 0 saturated carbocycles. The first-order chi connectivity index (χ1) is 20.0. The predicted molar refractivity (Wildman–Crippen MR) is 156 cm³/mol. The number of amides is 1. The first-order valence-corrected chi connectivity index (χ1v) is 15.2. The molecule has 4 aromatic rings. The maximum absolute atomic E-state index is 13.2. The monoisotopic (exact) mass is 612 g/mol. The van der Waals surface area contributed by atoms with E-state index >= 15 is 0 Å². The van der Waals surface area contributed by atoms with Crippen LogP contribution in [0.3, 0.4) is 0 Å².